The molecule has 2 aromatic rings. The van der Waals surface area contributed by atoms with Crippen LogP contribution >= 0.6 is 0 Å². The Balaban J connectivity index is 2.44. The normalized spacial score (nSPS) is 15.4. The van der Waals surface area contributed by atoms with Gasteiger partial charge >= 0.3 is 0 Å². The van der Waals surface area contributed by atoms with Crippen molar-refractivity contribution in [2.45, 2.75) is 20.0 Å². The van der Waals surface area contributed by atoms with E-state index in [2.05, 4.69) is 5.32 Å². The largest absolute Gasteiger partial charge is 0.329 e. The zero-order chi connectivity index (χ0) is 11.3. The summed E-state index contributed by atoms with van der Waals surface area (Å²) in [5.41, 5.74) is 2.62. The molecule has 1 aliphatic rings. The molecule has 0 saturated carbocycles. The molecule has 1 aromatic heterocycles. The Bertz CT molecular complexity index is 572. The predicted molar refractivity (Wildman–Crippen MR) is 58.3 cm³/mol. The maximum atomic E-state index is 13.8. The fourth-order valence-electron chi connectivity index (χ4n) is 2.51. The van der Waals surface area contributed by atoms with Crippen LogP contribution < -0.4 is 5.32 Å². The number of rotatable bonds is 0. The van der Waals surface area contributed by atoms with E-state index in [1.54, 1.807) is 0 Å². The van der Waals surface area contributed by atoms with Gasteiger partial charge in [0.05, 0.1) is 12.2 Å². The minimum absolute atomic E-state index is 0.479. The molecular weight excluding hydrogens is 210 g/mol. The van der Waals surface area contributed by atoms with Gasteiger partial charge in [-0.2, -0.15) is 0 Å². The summed E-state index contributed by atoms with van der Waals surface area (Å²) in [5.74, 6) is -0.989. The number of benzene rings is 1. The molecule has 0 bridgehead atoms. The van der Waals surface area contributed by atoms with E-state index in [1.165, 1.54) is 6.07 Å². The van der Waals surface area contributed by atoms with E-state index in [0.717, 1.165) is 30.3 Å². The Kier molecular flexibility index (Phi) is 2.01. The van der Waals surface area contributed by atoms with E-state index in [0.29, 0.717) is 17.6 Å². The standard InChI is InChI=1S/C12H12F2N2/c1-7-9-4-8(13)5-10(14)12(9)16-6-15-3-2-11(7)16/h4-5,15H,2-3,6H2,1H3. The average molecular weight is 222 g/mol. The van der Waals surface area contributed by atoms with Crippen LogP contribution in [0.2, 0.25) is 0 Å². The van der Waals surface area contributed by atoms with Crippen molar-refractivity contribution in [2.24, 2.45) is 0 Å². The zero-order valence-electron chi connectivity index (χ0n) is 8.98. The van der Waals surface area contributed by atoms with Gasteiger partial charge in [0.2, 0.25) is 0 Å². The summed E-state index contributed by atoms with van der Waals surface area (Å²) in [6.45, 7) is 3.42. The Labute approximate surface area is 91.9 Å². The van der Waals surface area contributed by atoms with Gasteiger partial charge in [-0.05, 0) is 18.6 Å². The number of halogens is 2. The van der Waals surface area contributed by atoms with Crippen molar-refractivity contribution in [2.75, 3.05) is 6.54 Å². The highest BCUT2D eigenvalue weighted by Gasteiger charge is 2.20. The molecule has 2 nitrogen and oxygen atoms in total. The van der Waals surface area contributed by atoms with Crippen molar-refractivity contribution in [3.05, 3.63) is 35.0 Å². The lowest BCUT2D eigenvalue weighted by Gasteiger charge is -2.18. The van der Waals surface area contributed by atoms with Crippen molar-refractivity contribution < 1.29 is 8.78 Å². The molecule has 0 spiro atoms. The molecule has 16 heavy (non-hydrogen) atoms. The van der Waals surface area contributed by atoms with E-state index in [9.17, 15) is 8.78 Å². The second-order valence-electron chi connectivity index (χ2n) is 4.19. The predicted octanol–water partition coefficient (Wildman–Crippen LogP) is 2.33. The molecule has 1 aliphatic heterocycles. The SMILES string of the molecule is Cc1c2n(c3c(F)cc(F)cc13)CNCC2. The zero-order valence-corrected chi connectivity index (χ0v) is 8.98. The first-order valence-electron chi connectivity index (χ1n) is 5.36. The highest BCUT2D eigenvalue weighted by Crippen LogP contribution is 2.29. The van der Waals surface area contributed by atoms with Gasteiger partial charge in [0.15, 0.2) is 0 Å². The molecule has 0 aliphatic carbocycles. The van der Waals surface area contributed by atoms with Crippen molar-refractivity contribution in [1.82, 2.24) is 9.88 Å². The van der Waals surface area contributed by atoms with Crippen LogP contribution in [0, 0.1) is 18.6 Å². The maximum Gasteiger partial charge on any atom is 0.150 e. The molecule has 1 aromatic carbocycles. The Morgan fingerprint density at radius 3 is 2.94 bits per heavy atom. The van der Waals surface area contributed by atoms with Gasteiger partial charge in [-0.1, -0.05) is 0 Å². The fourth-order valence-corrected chi connectivity index (χ4v) is 2.51. The van der Waals surface area contributed by atoms with Gasteiger partial charge in [-0.3, -0.25) is 5.32 Å². The number of aromatic nitrogens is 1. The number of fused-ring (bicyclic) bond motifs is 3. The summed E-state index contributed by atoms with van der Waals surface area (Å²) in [4.78, 5) is 0. The van der Waals surface area contributed by atoms with Crippen LogP contribution in [0.5, 0.6) is 0 Å². The molecule has 0 unspecified atom stereocenters. The maximum absolute atomic E-state index is 13.8. The number of aryl methyl sites for hydroxylation is 1. The first-order valence-corrected chi connectivity index (χ1v) is 5.36. The Morgan fingerprint density at radius 1 is 1.31 bits per heavy atom. The number of hydrogen-bond acceptors (Lipinski definition) is 1. The first-order chi connectivity index (χ1) is 7.68. The molecule has 0 fully saturated rings. The van der Waals surface area contributed by atoms with E-state index in [-0.39, 0.29) is 0 Å². The van der Waals surface area contributed by atoms with Gasteiger partial charge in [-0.25, -0.2) is 8.78 Å². The molecule has 4 heteroatoms. The van der Waals surface area contributed by atoms with Crippen LogP contribution in [0.1, 0.15) is 11.3 Å². The first kappa shape index (κ1) is 9.78. The summed E-state index contributed by atoms with van der Waals surface area (Å²) in [5, 5.41) is 3.88. The number of nitrogens with zero attached hydrogens (tertiary/aromatic N) is 1. The van der Waals surface area contributed by atoms with Gasteiger partial charge in [0, 0.05) is 30.1 Å². The van der Waals surface area contributed by atoms with Crippen LogP contribution in [-0.2, 0) is 13.1 Å². The minimum atomic E-state index is -0.510. The fraction of sp³-hybridized carbons (Fsp3) is 0.333. The number of hydrogen-bond donors (Lipinski definition) is 1. The van der Waals surface area contributed by atoms with E-state index in [4.69, 9.17) is 0 Å². The highest BCUT2D eigenvalue weighted by molar-refractivity contribution is 5.86. The molecule has 0 atom stereocenters. The van der Waals surface area contributed by atoms with Gasteiger partial charge < -0.3 is 4.57 Å². The third-order valence-electron chi connectivity index (χ3n) is 3.27. The summed E-state index contributed by atoms with van der Waals surface area (Å²) in [6, 6.07) is 2.36. The minimum Gasteiger partial charge on any atom is -0.329 e. The molecule has 3 rings (SSSR count). The van der Waals surface area contributed by atoms with Crippen LogP contribution in [0.3, 0.4) is 0 Å². The smallest absolute Gasteiger partial charge is 0.150 e. The topological polar surface area (TPSA) is 17.0 Å². The summed E-state index contributed by atoms with van der Waals surface area (Å²) < 4.78 is 28.8. The lowest BCUT2D eigenvalue weighted by atomic mass is 10.1. The van der Waals surface area contributed by atoms with Gasteiger partial charge in [0.1, 0.15) is 11.6 Å². The van der Waals surface area contributed by atoms with E-state index >= 15 is 0 Å². The van der Waals surface area contributed by atoms with Crippen LogP contribution in [0.4, 0.5) is 8.78 Å². The molecule has 0 saturated heterocycles. The number of nitrogens with one attached hydrogen (secondary N) is 1. The summed E-state index contributed by atoms with van der Waals surface area (Å²) in [7, 11) is 0. The van der Waals surface area contributed by atoms with Crippen molar-refractivity contribution >= 4 is 10.9 Å². The third kappa shape index (κ3) is 1.19. The van der Waals surface area contributed by atoms with E-state index in [1.807, 2.05) is 11.5 Å². The molecule has 0 amide bonds. The Morgan fingerprint density at radius 2 is 2.12 bits per heavy atom. The van der Waals surface area contributed by atoms with Crippen LogP contribution in [0.25, 0.3) is 10.9 Å². The van der Waals surface area contributed by atoms with Gasteiger partial charge in [-0.15, -0.1) is 0 Å². The van der Waals surface area contributed by atoms with Crippen molar-refractivity contribution in [1.29, 1.82) is 0 Å². The van der Waals surface area contributed by atoms with Gasteiger partial charge in [0.25, 0.3) is 0 Å². The molecule has 84 valence electrons. The van der Waals surface area contributed by atoms with Crippen molar-refractivity contribution in [3.63, 3.8) is 0 Å². The summed E-state index contributed by atoms with van der Waals surface area (Å²) >= 11 is 0. The van der Waals surface area contributed by atoms with Crippen LogP contribution in [-0.4, -0.2) is 11.1 Å². The second-order valence-corrected chi connectivity index (χ2v) is 4.19. The lowest BCUT2D eigenvalue weighted by Crippen LogP contribution is -2.28. The molecule has 2 heterocycles. The summed E-state index contributed by atoms with van der Waals surface area (Å²) in [6.07, 6.45) is 0.863. The monoisotopic (exact) mass is 222 g/mol. The van der Waals surface area contributed by atoms with E-state index < -0.39 is 11.6 Å². The molecular formula is C12H12F2N2. The quantitative estimate of drug-likeness (QED) is 0.724. The van der Waals surface area contributed by atoms with Crippen LogP contribution in [0.15, 0.2) is 12.1 Å². The molecule has 1 N–H and O–H groups in total. The second kappa shape index (κ2) is 3.28. The lowest BCUT2D eigenvalue weighted by molar-refractivity contribution is 0.497. The Hall–Kier alpha value is -1.42. The average Bonchev–Trinajstić information content (AvgIpc) is 2.54. The molecule has 0 radical (unpaired) electrons. The highest BCUT2D eigenvalue weighted by atomic mass is 19.1. The third-order valence-corrected chi connectivity index (χ3v) is 3.27. The van der Waals surface area contributed by atoms with Crippen molar-refractivity contribution in [3.8, 4) is 0 Å².